The number of nitrogens with zero attached hydrogens (tertiary/aromatic N) is 9. The summed E-state index contributed by atoms with van der Waals surface area (Å²) in [7, 11) is 4.68. The molecule has 6 fully saturated rings. The number of hydrogen-bond acceptors (Lipinski definition) is 24. The van der Waals surface area contributed by atoms with Crippen molar-refractivity contribution in [3.63, 3.8) is 0 Å². The van der Waals surface area contributed by atoms with Crippen molar-refractivity contribution in [3.05, 3.63) is 71.7 Å². The van der Waals surface area contributed by atoms with Gasteiger partial charge in [0.05, 0.1) is 111 Å². The third-order valence-corrected chi connectivity index (χ3v) is 27.4. The third-order valence-electron chi connectivity index (χ3n) is 27.4. The molecule has 0 N–H and O–H groups in total. The summed E-state index contributed by atoms with van der Waals surface area (Å²) < 4.78 is 99.7. The van der Waals surface area contributed by atoms with Gasteiger partial charge in [-0.3, -0.25) is 28.8 Å². The Balaban J connectivity index is 0.000000199. The van der Waals surface area contributed by atoms with Gasteiger partial charge in [-0.05, 0) is 199 Å². The van der Waals surface area contributed by atoms with E-state index in [0.29, 0.717) is 92.6 Å². The number of benzene rings is 3. The van der Waals surface area contributed by atoms with E-state index in [1.165, 1.54) is 9.80 Å². The minimum absolute atomic E-state index is 0. The average molecular weight is 1900 g/mol. The van der Waals surface area contributed by atoms with E-state index in [2.05, 4.69) is 9.97 Å². The van der Waals surface area contributed by atoms with E-state index in [0.717, 1.165) is 127 Å². The van der Waals surface area contributed by atoms with Crippen LogP contribution in [0.15, 0.2) is 54.6 Å². The maximum absolute atomic E-state index is 15.8. The molecule has 6 bridgehead atoms. The molecule has 699 valence electrons. The smallest absolute Gasteiger partial charge is 0.307 e. The van der Waals surface area contributed by atoms with Gasteiger partial charge in [-0.15, -0.1) is 0 Å². The van der Waals surface area contributed by atoms with Crippen molar-refractivity contribution in [3.8, 4) is 34.9 Å². The fourth-order valence-corrected chi connectivity index (χ4v) is 19.5. The Hall–Kier alpha value is -8.15. The van der Waals surface area contributed by atoms with Crippen molar-refractivity contribution in [2.75, 3.05) is 41.0 Å². The largest absolute Gasteiger partial charge is 0.540 e. The normalized spacial score (nSPS) is 29.9. The number of hydrogen-bond donors (Lipinski definition) is 0. The summed E-state index contributed by atoms with van der Waals surface area (Å²) in [6.07, 6.45) is 14.8. The van der Waals surface area contributed by atoms with Crippen LogP contribution in [0.4, 0.5) is 13.2 Å². The maximum atomic E-state index is 15.8. The molecule has 18 atom stereocenters. The summed E-state index contributed by atoms with van der Waals surface area (Å²) in [6.45, 7) is 20.1. The van der Waals surface area contributed by atoms with Crippen molar-refractivity contribution in [2.45, 2.75) is 309 Å². The summed E-state index contributed by atoms with van der Waals surface area (Å²) >= 11 is 0. The first-order valence-electron chi connectivity index (χ1n) is 45.1. The summed E-state index contributed by atoms with van der Waals surface area (Å²) in [4.78, 5) is 149. The van der Waals surface area contributed by atoms with Crippen LogP contribution in [0.1, 0.15) is 235 Å². The predicted molar refractivity (Wildman–Crippen MR) is 461 cm³/mol. The first-order valence-corrected chi connectivity index (χ1v) is 45.1. The number of methoxy groups -OCH3 is 3. The van der Waals surface area contributed by atoms with Gasteiger partial charge in [0.15, 0.2) is 0 Å². The molecule has 129 heavy (non-hydrogen) atoms. The van der Waals surface area contributed by atoms with Gasteiger partial charge in [0, 0.05) is 79.8 Å². The van der Waals surface area contributed by atoms with Gasteiger partial charge in [-0.2, -0.15) is 0 Å². The topological polar surface area (TPSA) is 324 Å². The molecule has 3 saturated carbocycles. The molecule has 9 heterocycles. The van der Waals surface area contributed by atoms with E-state index < -0.39 is 136 Å². The molecule has 6 aromatic rings. The van der Waals surface area contributed by atoms with Crippen LogP contribution in [0.3, 0.4) is 0 Å². The Bertz CT molecular complexity index is 4980. The first-order chi connectivity index (χ1) is 59.9. The van der Waals surface area contributed by atoms with E-state index in [4.69, 9.17) is 62.6 Å². The molecule has 6 aliphatic heterocycles. The zero-order chi connectivity index (χ0) is 90.5. The number of aryl methyl sites for hydroxylation is 3. The maximum Gasteiger partial charge on any atom is 0.307 e. The van der Waals surface area contributed by atoms with E-state index in [-0.39, 0.29) is 130 Å². The van der Waals surface area contributed by atoms with Gasteiger partial charge >= 0.3 is 17.9 Å². The molecular weight excluding hydrogens is 1780 g/mol. The number of fused-ring (bicyclic) bond motifs is 15. The van der Waals surface area contributed by atoms with Crippen molar-refractivity contribution in [2.24, 2.45) is 51.8 Å². The van der Waals surface area contributed by atoms with Gasteiger partial charge in [0.25, 0.3) is 0 Å². The summed E-state index contributed by atoms with van der Waals surface area (Å²) in [5, 5.41) is 0. The van der Waals surface area contributed by atoms with Crippen LogP contribution in [0.25, 0.3) is 33.1 Å². The summed E-state index contributed by atoms with van der Waals surface area (Å²) in [6, 6.07) is 11.7. The van der Waals surface area contributed by atoms with Crippen LogP contribution in [0.2, 0.25) is 0 Å². The van der Waals surface area contributed by atoms with Crippen LogP contribution < -0.4 is 28.4 Å². The Morgan fingerprint density at radius 2 is 0.721 bits per heavy atom. The average Bonchev–Trinajstić information content (AvgIpc) is 1.64. The molecule has 27 nitrogen and oxygen atoms in total. The fourth-order valence-electron chi connectivity index (χ4n) is 19.5. The predicted octanol–water partition coefficient (Wildman–Crippen LogP) is 14.8. The van der Waals surface area contributed by atoms with Gasteiger partial charge in [-0.1, -0.05) is 101 Å². The van der Waals surface area contributed by atoms with Crippen molar-refractivity contribution in [1.82, 2.24) is 44.6 Å². The van der Waals surface area contributed by atoms with E-state index in [9.17, 15) is 43.2 Å². The van der Waals surface area contributed by atoms with Crippen LogP contribution in [0.5, 0.6) is 34.9 Å². The zero-order valence-corrected chi connectivity index (χ0v) is 80.8. The van der Waals surface area contributed by atoms with Gasteiger partial charge in [0.2, 0.25) is 35.4 Å². The minimum atomic E-state index is -1.83. The second kappa shape index (κ2) is 43.7. The molecule has 3 aliphatic carbocycles. The standard InChI is InChI=1S/C33H43FN3O6.C32H41FN3O6.C31H39FN3O6.3V/c1-32(2,3)22-17-28(39)43-33(4)15-9-11-20(33)10-7-6-8-12-24-30(36-25-16-21(41-5)13-14-23(25)35-24)42-27-18-37(31(22)40)26(19-38)29(27)34;1-32(2,3)21-16-28(38)41-26-12-8-10-19(26)9-6-5-7-11-23-30(35-24-15-20(40-4)13-14-22(24)34-23)42-27-17-36(31(21)39)25(18-37)29(27)33;1-30(2,3)20-14-26(37)41-31(4)15-18(31)9-7-6-8-10-22-28(34-23-13-19(39-5)11-12-21(23)33-22)40-25-16-35(29(20)38)24(17-36)27(25)32;;;/h13-14,16,20,22,26-27,29H,6-12,15,17-18H2,1-5H3;13-15,19,21,25-27,29H,5-12,16-17H2,1-4H3;11-13,18,20,24-25,27H,6-10,14-16H2,1-5H3;;;/q3*-1;;;/t20-,22-,26-,27+,29+,33-;19-,21-,25-,26-,27+,29+;18-,20-,24-,25+,27+,31-;;;/m111.../s1. The molecule has 3 aromatic carbocycles. The zero-order valence-electron chi connectivity index (χ0n) is 76.6. The van der Waals surface area contributed by atoms with Crippen LogP contribution in [0, 0.1) is 51.8 Å². The first kappa shape index (κ1) is 103. The van der Waals surface area contributed by atoms with Gasteiger partial charge in [-0.25, -0.2) is 61.9 Å². The molecule has 33 heteroatoms. The van der Waals surface area contributed by atoms with Crippen LogP contribution in [-0.2, 0) is 132 Å². The second-order valence-electron chi connectivity index (χ2n) is 39.4. The van der Waals surface area contributed by atoms with E-state index in [1.54, 1.807) is 64.5 Å². The number of carbonyl (C=O) groups is 6. The van der Waals surface area contributed by atoms with Crippen molar-refractivity contribution >= 4 is 87.6 Å². The second-order valence-corrected chi connectivity index (χ2v) is 39.4. The van der Waals surface area contributed by atoms with E-state index >= 15 is 13.2 Å². The fraction of sp³-hybridized carbons (Fsp3) is 0.656. The Labute approximate surface area is 789 Å². The number of carbonyl (C=O) groups excluding carboxylic acids is 9. The van der Waals surface area contributed by atoms with Gasteiger partial charge in [0.1, 0.15) is 88.5 Å². The minimum Gasteiger partial charge on any atom is -0.540 e. The summed E-state index contributed by atoms with van der Waals surface area (Å²) in [5.74, 6) is -2.06. The number of aromatic nitrogens is 6. The monoisotopic (exact) mass is 1900 g/mol. The Kier molecular flexibility index (Phi) is 34.9. The molecule has 3 radical (unpaired) electrons. The summed E-state index contributed by atoms with van der Waals surface area (Å²) in [5.41, 5.74) is 2.38. The Morgan fingerprint density at radius 3 is 1.08 bits per heavy atom. The number of amides is 3. The molecule has 15 rings (SSSR count). The molecule has 3 aromatic heterocycles. The quantitative estimate of drug-likeness (QED) is 0.0849. The number of alkyl halides is 3. The Morgan fingerprint density at radius 1 is 0.388 bits per heavy atom. The molecule has 3 amide bonds. The number of rotatable bonds is 6. The SMILES string of the molecule is COc1ccc2nc3c(nc2c1)O[C@H]1CN(C(=O)[C@H](C(C)(C)C)CC(=O)O[C@@H]2CCC[C@H]2CCCCC3)[C@H]([C-]=O)[C@@H]1F.COc1ccc2nc3c(nc2c1)O[C@H]1CN(C(=O)[C@H](C(C)(C)C)CC(=O)O[C@]2(C)CCC[C@H]2CCCCC3)[C@H]([C-]=O)[C@@H]1F.COc1ccc2nc3c(nc2c1)O[C@H]1CN(C(=O)[C@H](C(C)(C)C)CC(=O)O[C@]2(C)C[C@H]2CCCCC3)[C@H]([C-]=O)[C@@H]1F.[V].[V].[V]. The third kappa shape index (κ3) is 24.1. The number of esters is 3. The van der Waals surface area contributed by atoms with Crippen molar-refractivity contribution in [1.29, 1.82) is 0 Å². The van der Waals surface area contributed by atoms with Gasteiger partial charge < -0.3 is 71.7 Å². The molecule has 0 spiro atoms. The molecule has 0 unspecified atom stereocenters. The van der Waals surface area contributed by atoms with Crippen molar-refractivity contribution < 1.29 is 155 Å². The molecular formula is C96H123F3N9O18V3-3. The molecule has 9 aliphatic rings. The molecule has 3 saturated heterocycles. The number of halogens is 3. The van der Waals surface area contributed by atoms with Crippen LogP contribution >= 0.6 is 0 Å². The van der Waals surface area contributed by atoms with E-state index in [1.807, 2.05) is 106 Å². The van der Waals surface area contributed by atoms with Crippen LogP contribution in [-0.4, -0.2) is 212 Å². The number of ether oxygens (including phenoxy) is 9.